The van der Waals surface area contributed by atoms with Gasteiger partial charge in [0, 0.05) is 36.4 Å². The third-order valence-electron chi connectivity index (χ3n) is 4.67. The average Bonchev–Trinajstić information content (AvgIpc) is 3.10. The molecule has 0 unspecified atom stereocenters. The van der Waals surface area contributed by atoms with Crippen LogP contribution in [0.25, 0.3) is 11.4 Å². The molecule has 30 heavy (non-hydrogen) atoms. The maximum atomic E-state index is 12.2. The predicted molar refractivity (Wildman–Crippen MR) is 112 cm³/mol. The Balaban J connectivity index is 1.22. The summed E-state index contributed by atoms with van der Waals surface area (Å²) in [6.45, 7) is 1.74. The van der Waals surface area contributed by atoms with E-state index in [2.05, 4.69) is 15.5 Å². The Labute approximate surface area is 179 Å². The maximum absolute atomic E-state index is 12.2. The summed E-state index contributed by atoms with van der Waals surface area (Å²) in [5.74, 6) is 2.47. The number of benzene rings is 2. The van der Waals surface area contributed by atoms with Crippen molar-refractivity contribution in [2.75, 3.05) is 13.2 Å². The second-order valence-corrected chi connectivity index (χ2v) is 7.42. The van der Waals surface area contributed by atoms with E-state index < -0.39 is 0 Å². The van der Waals surface area contributed by atoms with Crippen molar-refractivity contribution in [1.29, 1.82) is 0 Å². The van der Waals surface area contributed by atoms with E-state index in [0.717, 1.165) is 29.0 Å². The van der Waals surface area contributed by atoms with Gasteiger partial charge in [0.25, 0.3) is 0 Å². The van der Waals surface area contributed by atoms with Crippen molar-refractivity contribution in [2.24, 2.45) is 0 Å². The van der Waals surface area contributed by atoms with E-state index in [1.165, 1.54) is 0 Å². The second-order valence-electron chi connectivity index (χ2n) is 6.98. The van der Waals surface area contributed by atoms with Gasteiger partial charge in [-0.15, -0.1) is 0 Å². The van der Waals surface area contributed by atoms with Gasteiger partial charge in [-0.1, -0.05) is 22.8 Å². The van der Waals surface area contributed by atoms with Crippen LogP contribution < -0.4 is 14.8 Å². The highest BCUT2D eigenvalue weighted by Gasteiger charge is 2.12. The molecule has 0 saturated carbocycles. The first-order valence-electron chi connectivity index (χ1n) is 9.91. The minimum Gasteiger partial charge on any atom is -0.490 e. The van der Waals surface area contributed by atoms with Crippen LogP contribution in [0.2, 0.25) is 5.02 Å². The van der Waals surface area contributed by atoms with E-state index in [0.29, 0.717) is 55.8 Å². The fraction of sp³-hybridized carbons (Fsp3) is 0.318. The van der Waals surface area contributed by atoms with Crippen LogP contribution in [0.15, 0.2) is 47.0 Å². The molecule has 8 heteroatoms. The topological polar surface area (TPSA) is 86.5 Å². The van der Waals surface area contributed by atoms with Crippen molar-refractivity contribution in [3.63, 3.8) is 0 Å². The largest absolute Gasteiger partial charge is 0.490 e. The Morgan fingerprint density at radius 1 is 1.07 bits per heavy atom. The quantitative estimate of drug-likeness (QED) is 0.608. The number of halogens is 1. The van der Waals surface area contributed by atoms with E-state index in [1.54, 1.807) is 12.1 Å². The Morgan fingerprint density at radius 2 is 1.87 bits per heavy atom. The van der Waals surface area contributed by atoms with E-state index in [9.17, 15) is 4.79 Å². The fourth-order valence-corrected chi connectivity index (χ4v) is 3.21. The molecule has 7 nitrogen and oxygen atoms in total. The van der Waals surface area contributed by atoms with Crippen molar-refractivity contribution in [3.8, 4) is 22.9 Å². The van der Waals surface area contributed by atoms with Gasteiger partial charge in [-0.2, -0.15) is 4.98 Å². The summed E-state index contributed by atoms with van der Waals surface area (Å²) in [5.41, 5.74) is 1.80. The number of aryl methyl sites for hydroxylation is 1. The van der Waals surface area contributed by atoms with Crippen molar-refractivity contribution in [2.45, 2.75) is 32.2 Å². The van der Waals surface area contributed by atoms with Crippen molar-refractivity contribution in [1.82, 2.24) is 15.5 Å². The molecule has 0 radical (unpaired) electrons. The summed E-state index contributed by atoms with van der Waals surface area (Å²) >= 11 is 5.89. The van der Waals surface area contributed by atoms with Crippen LogP contribution in [0.3, 0.4) is 0 Å². The van der Waals surface area contributed by atoms with Gasteiger partial charge in [0.15, 0.2) is 11.5 Å². The molecule has 0 fully saturated rings. The molecule has 1 amide bonds. The zero-order chi connectivity index (χ0) is 20.8. The van der Waals surface area contributed by atoms with Crippen LogP contribution in [-0.4, -0.2) is 29.3 Å². The minimum absolute atomic E-state index is 0.0282. The highest BCUT2D eigenvalue weighted by Crippen LogP contribution is 2.30. The van der Waals surface area contributed by atoms with Crippen LogP contribution in [0, 0.1) is 0 Å². The van der Waals surface area contributed by atoms with E-state index in [-0.39, 0.29) is 5.91 Å². The Bertz CT molecular complexity index is 1000. The molecule has 1 aromatic heterocycles. The van der Waals surface area contributed by atoms with Gasteiger partial charge in [0.1, 0.15) is 0 Å². The zero-order valence-corrected chi connectivity index (χ0v) is 17.2. The van der Waals surface area contributed by atoms with Crippen LogP contribution >= 0.6 is 11.6 Å². The molecule has 0 bridgehead atoms. The smallest absolute Gasteiger partial charge is 0.226 e. The number of hydrogen-bond donors (Lipinski definition) is 1. The number of rotatable bonds is 7. The lowest BCUT2D eigenvalue weighted by Gasteiger charge is -2.10. The molecule has 2 heterocycles. The summed E-state index contributed by atoms with van der Waals surface area (Å²) in [5, 5.41) is 7.56. The first-order valence-corrected chi connectivity index (χ1v) is 10.3. The fourth-order valence-electron chi connectivity index (χ4n) is 3.08. The molecule has 0 spiro atoms. The summed E-state index contributed by atoms with van der Waals surface area (Å²) in [7, 11) is 0. The van der Waals surface area contributed by atoms with E-state index >= 15 is 0 Å². The van der Waals surface area contributed by atoms with Gasteiger partial charge in [0.05, 0.1) is 13.2 Å². The van der Waals surface area contributed by atoms with Crippen molar-refractivity contribution < 1.29 is 18.8 Å². The van der Waals surface area contributed by atoms with E-state index in [1.807, 2.05) is 30.3 Å². The normalized spacial score (nSPS) is 13.0. The van der Waals surface area contributed by atoms with Crippen LogP contribution in [0.5, 0.6) is 11.5 Å². The number of carbonyl (C=O) groups is 1. The first-order chi connectivity index (χ1) is 14.7. The summed E-state index contributed by atoms with van der Waals surface area (Å²) in [6.07, 6.45) is 2.40. The van der Waals surface area contributed by atoms with Gasteiger partial charge in [-0.3, -0.25) is 4.79 Å². The standard InChI is InChI=1S/C22H22ClN3O4/c23-17-8-6-16(7-9-17)22-25-21(30-26-22)4-1-3-20(27)24-14-15-5-10-18-19(13-15)29-12-2-11-28-18/h5-10,13H,1-4,11-12,14H2,(H,24,27). The summed E-state index contributed by atoms with van der Waals surface area (Å²) in [4.78, 5) is 16.5. The number of carbonyl (C=O) groups excluding carboxylic acids is 1. The summed E-state index contributed by atoms with van der Waals surface area (Å²) in [6, 6.07) is 13.0. The monoisotopic (exact) mass is 427 g/mol. The second kappa shape index (κ2) is 9.63. The number of amides is 1. The van der Waals surface area contributed by atoms with Gasteiger partial charge in [0.2, 0.25) is 17.6 Å². The molecule has 0 atom stereocenters. The molecule has 1 aliphatic heterocycles. The first kappa shape index (κ1) is 20.2. The molecular weight excluding hydrogens is 406 g/mol. The highest BCUT2D eigenvalue weighted by molar-refractivity contribution is 6.30. The number of aromatic nitrogens is 2. The number of fused-ring (bicyclic) bond motifs is 1. The molecule has 4 rings (SSSR count). The SMILES string of the molecule is O=C(CCCc1nc(-c2ccc(Cl)cc2)no1)NCc1ccc2c(c1)OCCCO2. The molecule has 3 aromatic rings. The van der Waals surface area contributed by atoms with Gasteiger partial charge >= 0.3 is 0 Å². The predicted octanol–water partition coefficient (Wildman–Crippen LogP) is 4.19. The summed E-state index contributed by atoms with van der Waals surface area (Å²) < 4.78 is 16.6. The van der Waals surface area contributed by atoms with Crippen molar-refractivity contribution in [3.05, 3.63) is 58.9 Å². The van der Waals surface area contributed by atoms with Gasteiger partial charge < -0.3 is 19.3 Å². The molecule has 156 valence electrons. The number of nitrogens with zero attached hydrogens (tertiary/aromatic N) is 2. The van der Waals surface area contributed by atoms with Gasteiger partial charge in [-0.25, -0.2) is 0 Å². The molecule has 1 N–H and O–H groups in total. The Hall–Kier alpha value is -3.06. The molecule has 2 aromatic carbocycles. The lowest BCUT2D eigenvalue weighted by atomic mass is 10.2. The Morgan fingerprint density at radius 3 is 2.70 bits per heavy atom. The van der Waals surface area contributed by atoms with Gasteiger partial charge in [-0.05, 0) is 48.4 Å². The van der Waals surface area contributed by atoms with Crippen LogP contribution in [-0.2, 0) is 17.8 Å². The third kappa shape index (κ3) is 5.30. The molecular formula is C22H22ClN3O4. The third-order valence-corrected chi connectivity index (χ3v) is 4.92. The molecule has 0 saturated heterocycles. The van der Waals surface area contributed by atoms with Crippen LogP contribution in [0.4, 0.5) is 0 Å². The maximum Gasteiger partial charge on any atom is 0.226 e. The number of nitrogens with one attached hydrogen (secondary N) is 1. The van der Waals surface area contributed by atoms with Crippen molar-refractivity contribution >= 4 is 17.5 Å². The lowest BCUT2D eigenvalue weighted by Crippen LogP contribution is -2.22. The minimum atomic E-state index is -0.0282. The molecule has 1 aliphatic rings. The van der Waals surface area contributed by atoms with Crippen LogP contribution in [0.1, 0.15) is 30.7 Å². The Kier molecular flexibility index (Phi) is 6.49. The highest BCUT2D eigenvalue weighted by atomic mass is 35.5. The molecule has 0 aliphatic carbocycles. The zero-order valence-electron chi connectivity index (χ0n) is 16.4. The average molecular weight is 428 g/mol. The number of ether oxygens (including phenoxy) is 2. The van der Waals surface area contributed by atoms with E-state index in [4.69, 9.17) is 25.6 Å². The lowest BCUT2D eigenvalue weighted by molar-refractivity contribution is -0.121. The number of hydrogen-bond acceptors (Lipinski definition) is 6.